The van der Waals surface area contributed by atoms with Crippen molar-refractivity contribution in [2.24, 2.45) is 0 Å². The van der Waals surface area contributed by atoms with E-state index in [9.17, 15) is 14.7 Å². The van der Waals surface area contributed by atoms with Gasteiger partial charge in [-0.25, -0.2) is 0 Å². The molecule has 1 aliphatic heterocycles. The number of hydrogen-bond acceptors (Lipinski definition) is 4. The highest BCUT2D eigenvalue weighted by Gasteiger charge is 2.29. The van der Waals surface area contributed by atoms with Crippen molar-refractivity contribution in [2.75, 3.05) is 26.2 Å². The quantitative estimate of drug-likeness (QED) is 0.917. The molecule has 2 heterocycles. The van der Waals surface area contributed by atoms with Crippen molar-refractivity contribution in [3.63, 3.8) is 0 Å². The number of thiophene rings is 1. The first-order chi connectivity index (χ1) is 11.6. The van der Waals surface area contributed by atoms with Gasteiger partial charge >= 0.3 is 0 Å². The Hall–Kier alpha value is -2.18. The average molecular weight is 344 g/mol. The van der Waals surface area contributed by atoms with Crippen molar-refractivity contribution in [2.45, 2.75) is 12.5 Å². The van der Waals surface area contributed by atoms with Crippen LogP contribution in [0.5, 0.6) is 0 Å². The lowest BCUT2D eigenvalue weighted by Crippen LogP contribution is -2.39. The molecule has 0 saturated carbocycles. The van der Waals surface area contributed by atoms with Crippen LogP contribution >= 0.6 is 11.3 Å². The van der Waals surface area contributed by atoms with Crippen molar-refractivity contribution < 1.29 is 14.7 Å². The smallest absolute Gasteiger partial charge is 0.264 e. The fourth-order valence-corrected chi connectivity index (χ4v) is 3.52. The number of aliphatic hydroxyl groups is 1. The molecule has 5 nitrogen and oxygen atoms in total. The molecule has 1 aliphatic rings. The Kier molecular flexibility index (Phi) is 5.27. The first-order valence-electron chi connectivity index (χ1n) is 7.96. The lowest BCUT2D eigenvalue weighted by atomic mass is 10.1. The Morgan fingerprint density at radius 3 is 2.67 bits per heavy atom. The second-order valence-electron chi connectivity index (χ2n) is 5.89. The SMILES string of the molecule is O=C1CN(C(=O)c2cccs2)CC(O)CN1CCc1ccccc1. The zero-order valence-corrected chi connectivity index (χ0v) is 14.1. The summed E-state index contributed by atoms with van der Waals surface area (Å²) in [6, 6.07) is 13.5. The molecule has 1 N–H and O–H groups in total. The largest absolute Gasteiger partial charge is 0.389 e. The first-order valence-corrected chi connectivity index (χ1v) is 8.84. The van der Waals surface area contributed by atoms with Crippen molar-refractivity contribution in [1.29, 1.82) is 0 Å². The van der Waals surface area contributed by atoms with Crippen LogP contribution in [0.25, 0.3) is 0 Å². The summed E-state index contributed by atoms with van der Waals surface area (Å²) in [6.07, 6.45) is 0.00850. The Morgan fingerprint density at radius 1 is 1.17 bits per heavy atom. The number of amides is 2. The molecule has 126 valence electrons. The molecule has 1 atom stereocenters. The molecule has 1 aromatic carbocycles. The van der Waals surface area contributed by atoms with E-state index in [0.717, 1.165) is 12.0 Å². The van der Waals surface area contributed by atoms with E-state index in [1.165, 1.54) is 16.2 Å². The number of carbonyl (C=O) groups excluding carboxylic acids is 2. The van der Waals surface area contributed by atoms with Crippen molar-refractivity contribution >= 4 is 23.2 Å². The maximum atomic E-state index is 12.5. The maximum absolute atomic E-state index is 12.5. The zero-order valence-electron chi connectivity index (χ0n) is 13.3. The number of nitrogens with zero attached hydrogens (tertiary/aromatic N) is 2. The number of carbonyl (C=O) groups is 2. The van der Waals surface area contributed by atoms with Crippen LogP contribution in [0.4, 0.5) is 0 Å². The van der Waals surface area contributed by atoms with Crippen LogP contribution in [0.3, 0.4) is 0 Å². The zero-order chi connectivity index (χ0) is 16.9. The third-order valence-electron chi connectivity index (χ3n) is 4.07. The van der Waals surface area contributed by atoms with Gasteiger partial charge in [0, 0.05) is 19.6 Å². The van der Waals surface area contributed by atoms with Gasteiger partial charge in [0.1, 0.15) is 6.54 Å². The molecule has 1 fully saturated rings. The number of aliphatic hydroxyl groups excluding tert-OH is 1. The highest BCUT2D eigenvalue weighted by molar-refractivity contribution is 7.12. The monoisotopic (exact) mass is 344 g/mol. The lowest BCUT2D eigenvalue weighted by molar-refractivity contribution is -0.131. The molecule has 0 bridgehead atoms. The molecule has 0 radical (unpaired) electrons. The Bertz CT molecular complexity index is 688. The molecule has 0 spiro atoms. The van der Waals surface area contributed by atoms with Crippen LogP contribution in [0.2, 0.25) is 0 Å². The maximum Gasteiger partial charge on any atom is 0.264 e. The van der Waals surface area contributed by atoms with Gasteiger partial charge in [-0.3, -0.25) is 9.59 Å². The van der Waals surface area contributed by atoms with Gasteiger partial charge in [0.25, 0.3) is 5.91 Å². The Morgan fingerprint density at radius 2 is 1.96 bits per heavy atom. The third-order valence-corrected chi connectivity index (χ3v) is 4.93. The molecule has 2 aromatic rings. The molecule has 3 rings (SSSR count). The average Bonchev–Trinajstić information content (AvgIpc) is 3.08. The molecule has 24 heavy (non-hydrogen) atoms. The summed E-state index contributed by atoms with van der Waals surface area (Å²) in [5, 5.41) is 12.0. The number of β-amino-alcohol motifs (C(OH)–C–C–N with tert-alkyl or cyclic N) is 1. The summed E-state index contributed by atoms with van der Waals surface area (Å²) >= 11 is 1.34. The summed E-state index contributed by atoms with van der Waals surface area (Å²) in [4.78, 5) is 28.6. The van der Waals surface area contributed by atoms with E-state index in [1.807, 2.05) is 35.7 Å². The minimum atomic E-state index is -0.726. The van der Waals surface area contributed by atoms with E-state index >= 15 is 0 Å². The van der Waals surface area contributed by atoms with E-state index in [4.69, 9.17) is 0 Å². The minimum Gasteiger partial charge on any atom is -0.389 e. The van der Waals surface area contributed by atoms with Crippen LogP contribution in [-0.2, 0) is 11.2 Å². The molecule has 6 heteroatoms. The topological polar surface area (TPSA) is 60.9 Å². The molecular formula is C18H20N2O3S. The fourth-order valence-electron chi connectivity index (χ4n) is 2.83. The minimum absolute atomic E-state index is 0.0165. The molecule has 2 amide bonds. The second kappa shape index (κ2) is 7.59. The van der Waals surface area contributed by atoms with Gasteiger partial charge in [0.2, 0.25) is 5.91 Å². The summed E-state index contributed by atoms with van der Waals surface area (Å²) in [5.74, 6) is -0.310. The first kappa shape index (κ1) is 16.7. The summed E-state index contributed by atoms with van der Waals surface area (Å²) < 4.78 is 0. The number of hydrogen-bond donors (Lipinski definition) is 1. The van der Waals surface area contributed by atoms with E-state index in [0.29, 0.717) is 11.4 Å². The van der Waals surface area contributed by atoms with E-state index < -0.39 is 6.10 Å². The van der Waals surface area contributed by atoms with Gasteiger partial charge < -0.3 is 14.9 Å². The highest BCUT2D eigenvalue weighted by Crippen LogP contribution is 2.15. The Balaban J connectivity index is 1.64. The van der Waals surface area contributed by atoms with Crippen molar-refractivity contribution in [1.82, 2.24) is 9.80 Å². The third kappa shape index (κ3) is 4.01. The van der Waals surface area contributed by atoms with Crippen molar-refractivity contribution in [3.05, 3.63) is 58.3 Å². The van der Waals surface area contributed by atoms with Gasteiger partial charge in [-0.05, 0) is 23.4 Å². The van der Waals surface area contributed by atoms with Crippen LogP contribution in [0, 0.1) is 0 Å². The lowest BCUT2D eigenvalue weighted by Gasteiger charge is -2.21. The summed E-state index contributed by atoms with van der Waals surface area (Å²) in [7, 11) is 0. The standard InChI is InChI=1S/C18H20N2O3S/c21-15-11-19(9-8-14-5-2-1-3-6-14)17(22)13-20(12-15)18(23)16-7-4-10-24-16/h1-7,10,15,21H,8-9,11-13H2. The highest BCUT2D eigenvalue weighted by atomic mass is 32.1. The predicted octanol–water partition coefficient (Wildman–Crippen LogP) is 1.64. The fraction of sp³-hybridized carbons (Fsp3) is 0.333. The van der Waals surface area contributed by atoms with Gasteiger partial charge in [-0.2, -0.15) is 0 Å². The van der Waals surface area contributed by atoms with Crippen LogP contribution in [-0.4, -0.2) is 59.0 Å². The van der Waals surface area contributed by atoms with Gasteiger partial charge in [0.15, 0.2) is 0 Å². The predicted molar refractivity (Wildman–Crippen MR) is 93.0 cm³/mol. The van der Waals surface area contributed by atoms with E-state index in [2.05, 4.69) is 0 Å². The second-order valence-corrected chi connectivity index (χ2v) is 6.84. The van der Waals surface area contributed by atoms with Crippen LogP contribution < -0.4 is 0 Å². The summed E-state index contributed by atoms with van der Waals surface area (Å²) in [6.45, 7) is 1.01. The number of rotatable bonds is 4. The van der Waals surface area contributed by atoms with Crippen molar-refractivity contribution in [3.8, 4) is 0 Å². The van der Waals surface area contributed by atoms with Crippen LogP contribution in [0.15, 0.2) is 47.8 Å². The van der Waals surface area contributed by atoms with Gasteiger partial charge in [0.05, 0.1) is 11.0 Å². The molecular weight excluding hydrogens is 324 g/mol. The molecule has 1 saturated heterocycles. The van der Waals surface area contributed by atoms with E-state index in [1.54, 1.807) is 17.0 Å². The molecule has 1 unspecified atom stereocenters. The Labute approximate surface area is 145 Å². The van der Waals surface area contributed by atoms with E-state index in [-0.39, 0.29) is 31.4 Å². The van der Waals surface area contributed by atoms with Gasteiger partial charge in [-0.1, -0.05) is 36.4 Å². The molecule has 0 aliphatic carbocycles. The molecule has 1 aromatic heterocycles. The van der Waals surface area contributed by atoms with Gasteiger partial charge in [-0.15, -0.1) is 11.3 Å². The number of benzene rings is 1. The van der Waals surface area contributed by atoms with Crippen LogP contribution in [0.1, 0.15) is 15.2 Å². The summed E-state index contributed by atoms with van der Waals surface area (Å²) in [5.41, 5.74) is 1.15. The normalized spacial score (nSPS) is 18.5.